The number of aliphatic carboxylic acids is 1. The molecule has 20 heavy (non-hydrogen) atoms. The van der Waals surface area contributed by atoms with Crippen molar-refractivity contribution < 1.29 is 14.7 Å². The molecule has 0 saturated carbocycles. The number of carboxylic acids is 1. The number of rotatable bonds is 5. The first-order chi connectivity index (χ1) is 9.36. The Balaban J connectivity index is 2.80. The SMILES string of the molecule is CCN(CC(C)C)C(=O)N1CCCC(CC)(C(=O)O)C1. The summed E-state index contributed by atoms with van der Waals surface area (Å²) in [6.45, 7) is 10.4. The molecule has 1 N–H and O–H groups in total. The smallest absolute Gasteiger partial charge is 0.320 e. The molecule has 0 bridgehead atoms. The summed E-state index contributed by atoms with van der Waals surface area (Å²) in [4.78, 5) is 27.6. The van der Waals surface area contributed by atoms with E-state index in [4.69, 9.17) is 0 Å². The zero-order valence-electron chi connectivity index (χ0n) is 13.2. The van der Waals surface area contributed by atoms with Gasteiger partial charge in [0.1, 0.15) is 0 Å². The van der Waals surface area contributed by atoms with Crippen molar-refractivity contribution in [2.24, 2.45) is 11.3 Å². The van der Waals surface area contributed by atoms with Crippen LogP contribution in [0.1, 0.15) is 47.0 Å². The van der Waals surface area contributed by atoms with Gasteiger partial charge in [0.2, 0.25) is 0 Å². The lowest BCUT2D eigenvalue weighted by Crippen LogP contribution is -2.53. The zero-order chi connectivity index (χ0) is 15.3. The Hall–Kier alpha value is -1.26. The number of hydrogen-bond donors (Lipinski definition) is 1. The molecule has 0 aromatic carbocycles. The largest absolute Gasteiger partial charge is 0.481 e. The van der Waals surface area contributed by atoms with Gasteiger partial charge in [-0.1, -0.05) is 20.8 Å². The summed E-state index contributed by atoms with van der Waals surface area (Å²) in [5, 5.41) is 9.48. The van der Waals surface area contributed by atoms with E-state index in [2.05, 4.69) is 13.8 Å². The molecule has 5 heteroatoms. The summed E-state index contributed by atoms with van der Waals surface area (Å²) in [6.07, 6.45) is 2.01. The summed E-state index contributed by atoms with van der Waals surface area (Å²) >= 11 is 0. The van der Waals surface area contributed by atoms with Crippen molar-refractivity contribution in [3.05, 3.63) is 0 Å². The average Bonchev–Trinajstić information content (AvgIpc) is 2.43. The predicted molar refractivity (Wildman–Crippen MR) is 78.6 cm³/mol. The Kier molecular flexibility index (Phi) is 5.84. The van der Waals surface area contributed by atoms with Crippen molar-refractivity contribution >= 4 is 12.0 Å². The van der Waals surface area contributed by atoms with E-state index in [0.29, 0.717) is 38.4 Å². The van der Waals surface area contributed by atoms with E-state index >= 15 is 0 Å². The number of piperidine rings is 1. The first kappa shape index (κ1) is 16.8. The monoisotopic (exact) mass is 284 g/mol. The van der Waals surface area contributed by atoms with E-state index in [1.165, 1.54) is 0 Å². The first-order valence-electron chi connectivity index (χ1n) is 7.63. The molecule has 0 radical (unpaired) electrons. The molecule has 1 rings (SSSR count). The third-order valence-electron chi connectivity index (χ3n) is 4.22. The highest BCUT2D eigenvalue weighted by molar-refractivity contribution is 5.78. The maximum Gasteiger partial charge on any atom is 0.320 e. The second kappa shape index (κ2) is 6.95. The topological polar surface area (TPSA) is 60.9 Å². The highest BCUT2D eigenvalue weighted by Gasteiger charge is 2.42. The Bertz CT molecular complexity index is 357. The van der Waals surface area contributed by atoms with Gasteiger partial charge in [-0.15, -0.1) is 0 Å². The van der Waals surface area contributed by atoms with E-state index in [9.17, 15) is 14.7 Å². The van der Waals surface area contributed by atoms with Crippen LogP contribution in [0.15, 0.2) is 0 Å². The standard InChI is InChI=1S/C15H28N2O3/c1-5-15(13(18)19)8-7-9-17(11-15)14(20)16(6-2)10-12(3)4/h12H,5-11H2,1-4H3,(H,18,19). The van der Waals surface area contributed by atoms with Gasteiger partial charge >= 0.3 is 12.0 Å². The van der Waals surface area contributed by atoms with Crippen molar-refractivity contribution in [1.29, 1.82) is 0 Å². The summed E-state index contributed by atoms with van der Waals surface area (Å²) in [6, 6.07) is -0.0139. The van der Waals surface area contributed by atoms with E-state index in [1.54, 1.807) is 4.90 Å². The molecule has 2 amide bonds. The van der Waals surface area contributed by atoms with Crippen molar-refractivity contribution in [2.75, 3.05) is 26.2 Å². The van der Waals surface area contributed by atoms with Crippen LogP contribution in [0.4, 0.5) is 4.79 Å². The fourth-order valence-corrected chi connectivity index (χ4v) is 2.89. The molecule has 1 fully saturated rings. The van der Waals surface area contributed by atoms with Gasteiger partial charge in [0.05, 0.1) is 5.41 Å². The number of carbonyl (C=O) groups is 2. The van der Waals surface area contributed by atoms with Crippen LogP contribution in [0.5, 0.6) is 0 Å². The van der Waals surface area contributed by atoms with Crippen LogP contribution < -0.4 is 0 Å². The zero-order valence-corrected chi connectivity index (χ0v) is 13.2. The van der Waals surface area contributed by atoms with E-state index in [1.807, 2.05) is 18.7 Å². The highest BCUT2D eigenvalue weighted by atomic mass is 16.4. The fourth-order valence-electron chi connectivity index (χ4n) is 2.89. The van der Waals surface area contributed by atoms with Crippen LogP contribution in [0.3, 0.4) is 0 Å². The molecule has 5 nitrogen and oxygen atoms in total. The van der Waals surface area contributed by atoms with Crippen molar-refractivity contribution in [1.82, 2.24) is 9.80 Å². The number of hydrogen-bond acceptors (Lipinski definition) is 2. The molecule has 1 aliphatic rings. The molecule has 1 heterocycles. The molecule has 0 aromatic rings. The molecule has 1 unspecified atom stereocenters. The number of nitrogens with zero attached hydrogens (tertiary/aromatic N) is 2. The molecule has 0 aliphatic carbocycles. The molecule has 1 saturated heterocycles. The van der Waals surface area contributed by atoms with Gasteiger partial charge < -0.3 is 14.9 Å². The van der Waals surface area contributed by atoms with Gasteiger partial charge in [-0.25, -0.2) is 4.79 Å². The summed E-state index contributed by atoms with van der Waals surface area (Å²) in [7, 11) is 0. The van der Waals surface area contributed by atoms with E-state index in [-0.39, 0.29) is 6.03 Å². The fraction of sp³-hybridized carbons (Fsp3) is 0.867. The van der Waals surface area contributed by atoms with E-state index in [0.717, 1.165) is 13.0 Å². The summed E-state index contributed by atoms with van der Waals surface area (Å²) in [5.41, 5.74) is -0.759. The van der Waals surface area contributed by atoms with Crippen LogP contribution in [0.2, 0.25) is 0 Å². The summed E-state index contributed by atoms with van der Waals surface area (Å²) in [5.74, 6) is -0.358. The quantitative estimate of drug-likeness (QED) is 0.844. The van der Waals surface area contributed by atoms with Crippen LogP contribution in [0, 0.1) is 11.3 Å². The van der Waals surface area contributed by atoms with Gasteiger partial charge in [0.25, 0.3) is 0 Å². The van der Waals surface area contributed by atoms with Crippen LogP contribution in [0.25, 0.3) is 0 Å². The molecule has 116 valence electrons. The van der Waals surface area contributed by atoms with Gasteiger partial charge in [-0.2, -0.15) is 0 Å². The van der Waals surface area contributed by atoms with Gasteiger partial charge in [-0.05, 0) is 32.1 Å². The van der Waals surface area contributed by atoms with Crippen LogP contribution in [-0.2, 0) is 4.79 Å². The average molecular weight is 284 g/mol. The second-order valence-corrected chi connectivity index (χ2v) is 6.18. The lowest BCUT2D eigenvalue weighted by atomic mass is 9.78. The lowest BCUT2D eigenvalue weighted by molar-refractivity contribution is -0.152. The third kappa shape index (κ3) is 3.64. The lowest BCUT2D eigenvalue weighted by Gasteiger charge is -2.41. The third-order valence-corrected chi connectivity index (χ3v) is 4.22. The van der Waals surface area contributed by atoms with Crippen LogP contribution in [-0.4, -0.2) is 53.1 Å². The second-order valence-electron chi connectivity index (χ2n) is 6.18. The van der Waals surface area contributed by atoms with Gasteiger partial charge in [-0.3, -0.25) is 4.79 Å². The predicted octanol–water partition coefficient (Wildman–Crippen LogP) is 2.66. The van der Waals surface area contributed by atoms with Gasteiger partial charge in [0, 0.05) is 26.2 Å². The van der Waals surface area contributed by atoms with E-state index < -0.39 is 11.4 Å². The van der Waals surface area contributed by atoms with Crippen LogP contribution >= 0.6 is 0 Å². The Morgan fingerprint density at radius 1 is 1.35 bits per heavy atom. The maximum atomic E-state index is 12.6. The van der Waals surface area contributed by atoms with Gasteiger partial charge in [0.15, 0.2) is 0 Å². The van der Waals surface area contributed by atoms with Crippen molar-refractivity contribution in [2.45, 2.75) is 47.0 Å². The maximum absolute atomic E-state index is 12.6. The molecule has 1 atom stereocenters. The Labute approximate surface area is 121 Å². The highest BCUT2D eigenvalue weighted by Crippen LogP contribution is 2.34. The normalized spacial score (nSPS) is 22.9. The number of amides is 2. The molecular weight excluding hydrogens is 256 g/mol. The number of urea groups is 1. The Morgan fingerprint density at radius 3 is 2.45 bits per heavy atom. The summed E-state index contributed by atoms with van der Waals surface area (Å²) < 4.78 is 0. The minimum Gasteiger partial charge on any atom is -0.481 e. The molecule has 0 aromatic heterocycles. The van der Waals surface area contributed by atoms with Crippen molar-refractivity contribution in [3.8, 4) is 0 Å². The molecule has 1 aliphatic heterocycles. The minimum absolute atomic E-state index is 0.0139. The minimum atomic E-state index is -0.774. The molecular formula is C15H28N2O3. The molecule has 0 spiro atoms. The number of likely N-dealkylation sites (tertiary alicyclic amines) is 1. The Morgan fingerprint density at radius 2 is 2.00 bits per heavy atom. The number of carbonyl (C=O) groups excluding carboxylic acids is 1. The first-order valence-corrected chi connectivity index (χ1v) is 7.63. The van der Waals surface area contributed by atoms with Crippen molar-refractivity contribution in [3.63, 3.8) is 0 Å². The number of carboxylic acid groups (broad SMARTS) is 1.